The lowest BCUT2D eigenvalue weighted by Gasteiger charge is -2.27. The number of rotatable bonds is 5. The first-order chi connectivity index (χ1) is 12.8. The molecular formula is C22H23N3O. The molecule has 2 aromatic carbocycles. The highest BCUT2D eigenvalue weighted by Gasteiger charge is 2.20. The molecule has 1 aliphatic carbocycles. The molecule has 0 amide bonds. The summed E-state index contributed by atoms with van der Waals surface area (Å²) in [6.07, 6.45) is 5.07. The molecule has 132 valence electrons. The largest absolute Gasteiger partial charge is 0.461 e. The van der Waals surface area contributed by atoms with Gasteiger partial charge >= 0.3 is 0 Å². The zero-order valence-corrected chi connectivity index (χ0v) is 14.7. The zero-order valence-electron chi connectivity index (χ0n) is 14.7. The van der Waals surface area contributed by atoms with Gasteiger partial charge in [-0.2, -0.15) is 0 Å². The quantitative estimate of drug-likeness (QED) is 0.529. The van der Waals surface area contributed by atoms with Crippen molar-refractivity contribution in [3.63, 3.8) is 0 Å². The number of fused-ring (bicyclic) bond motifs is 1. The number of hydrogen-bond acceptors (Lipinski definition) is 3. The first-order valence-corrected chi connectivity index (χ1v) is 9.08. The maximum atomic E-state index is 6.06. The Morgan fingerprint density at radius 3 is 2.81 bits per heavy atom. The van der Waals surface area contributed by atoms with E-state index in [9.17, 15) is 0 Å². The van der Waals surface area contributed by atoms with E-state index in [1.165, 1.54) is 23.1 Å². The van der Waals surface area contributed by atoms with Crippen molar-refractivity contribution in [2.24, 2.45) is 10.7 Å². The minimum absolute atomic E-state index is 0.346. The molecule has 0 saturated heterocycles. The molecule has 1 unspecified atom stereocenters. The lowest BCUT2D eigenvalue weighted by Crippen LogP contribution is -2.24. The van der Waals surface area contributed by atoms with Gasteiger partial charge in [-0.25, -0.2) is 4.99 Å². The van der Waals surface area contributed by atoms with Gasteiger partial charge < -0.3 is 15.5 Å². The summed E-state index contributed by atoms with van der Waals surface area (Å²) in [6.45, 7) is 0.868. The Morgan fingerprint density at radius 2 is 2.00 bits per heavy atom. The van der Waals surface area contributed by atoms with Crippen molar-refractivity contribution in [1.29, 1.82) is 0 Å². The maximum Gasteiger partial charge on any atom is 0.168 e. The lowest BCUT2D eigenvalue weighted by atomic mass is 9.87. The molecule has 4 nitrogen and oxygen atoms in total. The molecule has 0 spiro atoms. The zero-order chi connectivity index (χ0) is 17.8. The van der Waals surface area contributed by atoms with Crippen molar-refractivity contribution in [1.82, 2.24) is 5.32 Å². The third-order valence-corrected chi connectivity index (χ3v) is 4.86. The van der Waals surface area contributed by atoms with Crippen molar-refractivity contribution in [2.45, 2.75) is 31.8 Å². The van der Waals surface area contributed by atoms with Crippen molar-refractivity contribution in [3.8, 4) is 0 Å². The lowest BCUT2D eigenvalue weighted by molar-refractivity contribution is 0.459. The number of furan rings is 1. The van der Waals surface area contributed by atoms with E-state index in [0.717, 1.165) is 25.1 Å². The van der Waals surface area contributed by atoms with E-state index in [2.05, 4.69) is 46.7 Å². The Kier molecular flexibility index (Phi) is 4.84. The van der Waals surface area contributed by atoms with Crippen LogP contribution in [0.2, 0.25) is 0 Å². The highest BCUT2D eigenvalue weighted by Crippen LogP contribution is 2.33. The smallest absolute Gasteiger partial charge is 0.168 e. The molecule has 1 aliphatic rings. The molecule has 0 bridgehead atoms. The van der Waals surface area contributed by atoms with Crippen molar-refractivity contribution >= 4 is 11.5 Å². The summed E-state index contributed by atoms with van der Waals surface area (Å²) >= 11 is 0. The standard InChI is InChI=1S/C22H23N3O/c23-22(21-10-5-13-26-21)25-18-12-11-17-8-4-9-20(19(17)14-18)24-15-16-6-2-1-3-7-16/h1-3,5-7,10-14,20,24H,4,8-9,15H2,(H2,23,25). The van der Waals surface area contributed by atoms with E-state index in [0.29, 0.717) is 17.6 Å². The second-order valence-electron chi connectivity index (χ2n) is 6.67. The number of aryl methyl sites for hydroxylation is 1. The Labute approximate surface area is 153 Å². The van der Waals surface area contributed by atoms with E-state index in [1.54, 1.807) is 6.26 Å². The summed E-state index contributed by atoms with van der Waals surface area (Å²) in [4.78, 5) is 4.54. The predicted octanol–water partition coefficient (Wildman–Crippen LogP) is 4.48. The van der Waals surface area contributed by atoms with Gasteiger partial charge in [0, 0.05) is 12.6 Å². The van der Waals surface area contributed by atoms with Crippen molar-refractivity contribution in [2.75, 3.05) is 0 Å². The molecule has 1 heterocycles. The fraction of sp³-hybridized carbons (Fsp3) is 0.227. The van der Waals surface area contributed by atoms with Gasteiger partial charge in [-0.05, 0) is 60.2 Å². The number of nitrogens with one attached hydrogen (secondary N) is 1. The summed E-state index contributed by atoms with van der Waals surface area (Å²) in [6, 6.07) is 20.9. The van der Waals surface area contributed by atoms with Gasteiger partial charge in [0.2, 0.25) is 0 Å². The van der Waals surface area contributed by atoms with Crippen LogP contribution in [0, 0.1) is 0 Å². The number of benzene rings is 2. The molecule has 1 atom stereocenters. The van der Waals surface area contributed by atoms with Crippen LogP contribution in [0.5, 0.6) is 0 Å². The van der Waals surface area contributed by atoms with Crippen LogP contribution in [0.15, 0.2) is 76.3 Å². The van der Waals surface area contributed by atoms with Crippen LogP contribution in [0.25, 0.3) is 0 Å². The predicted molar refractivity (Wildman–Crippen MR) is 104 cm³/mol. The molecule has 3 aromatic rings. The van der Waals surface area contributed by atoms with Gasteiger partial charge in [-0.15, -0.1) is 0 Å². The minimum atomic E-state index is 0.346. The summed E-state index contributed by atoms with van der Waals surface area (Å²) in [5, 5.41) is 3.70. The van der Waals surface area contributed by atoms with Crippen molar-refractivity contribution in [3.05, 3.63) is 89.4 Å². The normalized spacial score (nSPS) is 17.1. The second kappa shape index (κ2) is 7.58. The number of aliphatic imine (C=N–C) groups is 1. The minimum Gasteiger partial charge on any atom is -0.461 e. The molecule has 4 heteroatoms. The van der Waals surface area contributed by atoms with Gasteiger partial charge in [-0.1, -0.05) is 36.4 Å². The van der Waals surface area contributed by atoms with Crippen LogP contribution >= 0.6 is 0 Å². The fourth-order valence-electron chi connectivity index (χ4n) is 3.52. The maximum absolute atomic E-state index is 6.06. The molecule has 26 heavy (non-hydrogen) atoms. The van der Waals surface area contributed by atoms with E-state index < -0.39 is 0 Å². The van der Waals surface area contributed by atoms with Crippen LogP contribution in [-0.4, -0.2) is 5.84 Å². The van der Waals surface area contributed by atoms with E-state index in [-0.39, 0.29) is 0 Å². The summed E-state index contributed by atoms with van der Waals surface area (Å²) in [5.74, 6) is 1.00. The Hall–Kier alpha value is -2.85. The van der Waals surface area contributed by atoms with E-state index >= 15 is 0 Å². The van der Waals surface area contributed by atoms with Crippen molar-refractivity contribution < 1.29 is 4.42 Å². The molecule has 0 fully saturated rings. The number of hydrogen-bond donors (Lipinski definition) is 2. The molecular weight excluding hydrogens is 322 g/mol. The Morgan fingerprint density at radius 1 is 1.12 bits per heavy atom. The topological polar surface area (TPSA) is 63.5 Å². The SMILES string of the molecule is NC(=Nc1ccc2c(c1)C(NCc1ccccc1)CCC2)c1ccco1. The van der Waals surface area contributed by atoms with E-state index in [1.807, 2.05) is 24.3 Å². The third kappa shape index (κ3) is 3.70. The first kappa shape index (κ1) is 16.6. The van der Waals surface area contributed by atoms with Crippen LogP contribution in [-0.2, 0) is 13.0 Å². The highest BCUT2D eigenvalue weighted by molar-refractivity contribution is 5.96. The molecule has 3 N–H and O–H groups in total. The average molecular weight is 345 g/mol. The van der Waals surface area contributed by atoms with Gasteiger partial charge in [0.1, 0.15) is 0 Å². The third-order valence-electron chi connectivity index (χ3n) is 4.86. The van der Waals surface area contributed by atoms with Crippen LogP contribution in [0.4, 0.5) is 5.69 Å². The fourth-order valence-corrected chi connectivity index (χ4v) is 3.52. The Bertz CT molecular complexity index is 885. The number of amidine groups is 1. The van der Waals surface area contributed by atoms with Crippen LogP contribution < -0.4 is 11.1 Å². The highest BCUT2D eigenvalue weighted by atomic mass is 16.3. The van der Waals surface area contributed by atoms with Gasteiger partial charge in [0.05, 0.1) is 12.0 Å². The van der Waals surface area contributed by atoms with Crippen LogP contribution in [0.3, 0.4) is 0 Å². The molecule has 0 aliphatic heterocycles. The van der Waals surface area contributed by atoms with Gasteiger partial charge in [0.25, 0.3) is 0 Å². The summed E-state index contributed by atoms with van der Waals surface area (Å²) < 4.78 is 5.32. The summed E-state index contributed by atoms with van der Waals surface area (Å²) in [5.41, 5.74) is 11.0. The number of nitrogens with two attached hydrogens (primary N) is 1. The Balaban J connectivity index is 1.55. The summed E-state index contributed by atoms with van der Waals surface area (Å²) in [7, 11) is 0. The van der Waals surface area contributed by atoms with Crippen LogP contribution in [0.1, 0.15) is 41.3 Å². The second-order valence-corrected chi connectivity index (χ2v) is 6.67. The monoisotopic (exact) mass is 345 g/mol. The van der Waals surface area contributed by atoms with Gasteiger partial charge in [0.15, 0.2) is 11.6 Å². The molecule has 1 aromatic heterocycles. The number of nitrogens with zero attached hydrogens (tertiary/aromatic N) is 1. The molecule has 0 radical (unpaired) electrons. The molecule has 4 rings (SSSR count). The average Bonchev–Trinajstić information content (AvgIpc) is 3.22. The van der Waals surface area contributed by atoms with Gasteiger partial charge in [-0.3, -0.25) is 0 Å². The first-order valence-electron chi connectivity index (χ1n) is 9.08. The van der Waals surface area contributed by atoms with E-state index in [4.69, 9.17) is 10.2 Å². The molecule has 0 saturated carbocycles.